The number of carbonyl (C=O) groups is 1. The van der Waals surface area contributed by atoms with Gasteiger partial charge in [-0.15, -0.1) is 23.5 Å². The molecule has 1 aliphatic rings. The summed E-state index contributed by atoms with van der Waals surface area (Å²) in [5.74, 6) is 3.57. The van der Waals surface area contributed by atoms with Crippen LogP contribution in [0.25, 0.3) is 0 Å². The minimum absolute atomic E-state index is 0.0676. The zero-order valence-electron chi connectivity index (χ0n) is 18.7. The van der Waals surface area contributed by atoms with E-state index < -0.39 is 0 Å². The van der Waals surface area contributed by atoms with Gasteiger partial charge < -0.3 is 14.8 Å². The second-order valence-corrected chi connectivity index (χ2v) is 10.5. The lowest BCUT2D eigenvalue weighted by molar-refractivity contribution is -0.118. The molecule has 5 nitrogen and oxygen atoms in total. The highest BCUT2D eigenvalue weighted by atomic mass is 32.2. The Morgan fingerprint density at radius 2 is 1.62 bits per heavy atom. The summed E-state index contributed by atoms with van der Waals surface area (Å²) in [6.45, 7) is 0.245. The third-order valence-electron chi connectivity index (χ3n) is 5.24. The van der Waals surface area contributed by atoms with Crippen LogP contribution in [0.2, 0.25) is 0 Å². The molecule has 7 heteroatoms. The lowest BCUT2D eigenvalue weighted by Crippen LogP contribution is -2.21. The molecule has 0 aliphatic carbocycles. The molecule has 3 aromatic carbocycles. The van der Waals surface area contributed by atoms with Crippen LogP contribution in [0.15, 0.2) is 72.8 Å². The topological polar surface area (TPSA) is 71.3 Å². The highest BCUT2D eigenvalue weighted by molar-refractivity contribution is 8.16. The van der Waals surface area contributed by atoms with Crippen molar-refractivity contribution in [3.8, 4) is 17.6 Å². The Morgan fingerprint density at radius 1 is 0.941 bits per heavy atom. The zero-order chi connectivity index (χ0) is 23.6. The summed E-state index contributed by atoms with van der Waals surface area (Å²) >= 11 is 3.97. The van der Waals surface area contributed by atoms with E-state index in [1.165, 1.54) is 23.5 Å². The van der Waals surface area contributed by atoms with Crippen molar-refractivity contribution in [2.75, 3.05) is 23.4 Å². The highest BCUT2D eigenvalue weighted by Crippen LogP contribution is 2.43. The number of nitrogens with zero attached hydrogens (tertiary/aromatic N) is 1. The van der Waals surface area contributed by atoms with Crippen LogP contribution in [0.4, 0.5) is 5.69 Å². The molecule has 1 heterocycles. The number of ether oxygens (including phenoxy) is 2. The van der Waals surface area contributed by atoms with Crippen LogP contribution in [-0.2, 0) is 17.8 Å². The van der Waals surface area contributed by atoms with Crippen LogP contribution in [0.3, 0.4) is 0 Å². The van der Waals surface area contributed by atoms with Crippen LogP contribution in [0.1, 0.15) is 27.7 Å². The molecule has 1 aliphatic heterocycles. The fraction of sp³-hybridized carbons (Fsp3) is 0.259. The first-order chi connectivity index (χ1) is 16.7. The van der Waals surface area contributed by atoms with E-state index >= 15 is 0 Å². The Hall–Kier alpha value is -3.08. The number of carbonyl (C=O) groups excluding carboxylic acids is 1. The number of benzene rings is 3. The minimum atomic E-state index is -0.226. The lowest BCUT2D eigenvalue weighted by Gasteiger charge is -2.21. The van der Waals surface area contributed by atoms with Gasteiger partial charge in [-0.2, -0.15) is 5.26 Å². The lowest BCUT2D eigenvalue weighted by atomic mass is 10.1. The van der Waals surface area contributed by atoms with Gasteiger partial charge in [0.05, 0.1) is 17.1 Å². The molecule has 1 saturated heterocycles. The summed E-state index contributed by atoms with van der Waals surface area (Å²) in [7, 11) is 0. The van der Waals surface area contributed by atoms with E-state index in [-0.39, 0.29) is 12.5 Å². The van der Waals surface area contributed by atoms with E-state index in [0.717, 1.165) is 11.1 Å². The second kappa shape index (κ2) is 12.4. The fourth-order valence-corrected chi connectivity index (χ4v) is 6.35. The molecular weight excluding hydrogens is 464 g/mol. The summed E-state index contributed by atoms with van der Waals surface area (Å²) in [6, 6.07) is 25.2. The number of hydrogen-bond acceptors (Lipinski definition) is 6. The molecule has 0 saturated carbocycles. The molecule has 0 aromatic heterocycles. The average Bonchev–Trinajstić information content (AvgIpc) is 2.89. The van der Waals surface area contributed by atoms with E-state index in [9.17, 15) is 4.79 Å². The molecule has 3 aromatic rings. The van der Waals surface area contributed by atoms with Gasteiger partial charge in [-0.3, -0.25) is 4.79 Å². The van der Waals surface area contributed by atoms with Crippen LogP contribution in [-0.4, -0.2) is 24.0 Å². The highest BCUT2D eigenvalue weighted by Gasteiger charge is 2.16. The van der Waals surface area contributed by atoms with Gasteiger partial charge in [-0.25, -0.2) is 0 Å². The van der Waals surface area contributed by atoms with Gasteiger partial charge in [-0.05, 0) is 59.4 Å². The second-order valence-electron chi connectivity index (χ2n) is 7.76. The molecule has 1 fully saturated rings. The fourth-order valence-electron chi connectivity index (χ4n) is 3.46. The maximum atomic E-state index is 12.5. The van der Waals surface area contributed by atoms with Crippen molar-refractivity contribution in [3.05, 3.63) is 89.5 Å². The van der Waals surface area contributed by atoms with Gasteiger partial charge in [0.1, 0.15) is 18.1 Å². The molecular formula is C27H26N2O3S2. The molecule has 0 radical (unpaired) electrons. The summed E-state index contributed by atoms with van der Waals surface area (Å²) in [4.78, 5) is 12.5. The van der Waals surface area contributed by atoms with Crippen LogP contribution >= 0.6 is 23.5 Å². The average molecular weight is 491 g/mol. The Bertz CT molecular complexity index is 1120. The molecule has 0 spiro atoms. The number of nitriles is 1. The molecule has 0 bridgehead atoms. The Labute approximate surface area is 208 Å². The van der Waals surface area contributed by atoms with E-state index in [4.69, 9.17) is 14.7 Å². The summed E-state index contributed by atoms with van der Waals surface area (Å²) in [6.07, 6.45) is 1.65. The maximum absolute atomic E-state index is 12.5. The molecule has 1 N–H and O–H groups in total. The first-order valence-electron chi connectivity index (χ1n) is 11.1. The normalized spacial score (nSPS) is 13.6. The quantitative estimate of drug-likeness (QED) is 0.384. The first kappa shape index (κ1) is 24.1. The number of rotatable bonds is 9. The number of thioether (sulfide) groups is 2. The van der Waals surface area contributed by atoms with Crippen molar-refractivity contribution in [3.63, 3.8) is 0 Å². The number of amides is 1. The standard InChI is InChI=1S/C27H26N2O3S2/c28-15-14-20-6-10-23(11-7-20)31-18-22-4-1-2-5-25(22)29-26(30)19-32-24-12-8-21(9-13-24)27-33-16-3-17-34-27/h1-2,4-13,27H,3,14,16-19H2,(H,29,30). The van der Waals surface area contributed by atoms with Gasteiger partial charge in [-0.1, -0.05) is 42.5 Å². The van der Waals surface area contributed by atoms with Crippen molar-refractivity contribution < 1.29 is 14.3 Å². The number of para-hydroxylation sites is 1. The third kappa shape index (κ3) is 6.96. The van der Waals surface area contributed by atoms with Crippen molar-refractivity contribution in [1.82, 2.24) is 0 Å². The predicted octanol–water partition coefficient (Wildman–Crippen LogP) is 6.22. The smallest absolute Gasteiger partial charge is 0.262 e. The molecule has 1 amide bonds. The van der Waals surface area contributed by atoms with Crippen LogP contribution < -0.4 is 14.8 Å². The monoisotopic (exact) mass is 490 g/mol. The number of hydrogen-bond donors (Lipinski definition) is 1. The third-order valence-corrected chi connectivity index (χ3v) is 8.26. The van der Waals surface area contributed by atoms with Gasteiger partial charge in [0, 0.05) is 11.3 Å². The van der Waals surface area contributed by atoms with Crippen LogP contribution in [0.5, 0.6) is 11.5 Å². The van der Waals surface area contributed by atoms with Crippen molar-refractivity contribution in [1.29, 1.82) is 5.26 Å². The molecule has 4 rings (SSSR count). The SMILES string of the molecule is N#CCc1ccc(OCc2ccccc2NC(=O)COc2ccc(C3SCCCS3)cc2)cc1. The first-order valence-corrected chi connectivity index (χ1v) is 13.2. The Kier molecular flexibility index (Phi) is 8.78. The van der Waals surface area contributed by atoms with E-state index in [2.05, 4.69) is 23.5 Å². The Balaban J connectivity index is 1.28. The van der Waals surface area contributed by atoms with Gasteiger partial charge in [0.2, 0.25) is 0 Å². The molecule has 174 valence electrons. The largest absolute Gasteiger partial charge is 0.489 e. The van der Waals surface area contributed by atoms with Crippen LogP contribution in [0, 0.1) is 11.3 Å². The van der Waals surface area contributed by atoms with E-state index in [0.29, 0.717) is 34.8 Å². The van der Waals surface area contributed by atoms with Gasteiger partial charge >= 0.3 is 0 Å². The summed E-state index contributed by atoms with van der Waals surface area (Å²) < 4.78 is 12.1. The van der Waals surface area contributed by atoms with Crippen molar-refractivity contribution in [2.24, 2.45) is 0 Å². The van der Waals surface area contributed by atoms with Crippen molar-refractivity contribution >= 4 is 35.1 Å². The van der Waals surface area contributed by atoms with E-state index in [1.54, 1.807) is 0 Å². The van der Waals surface area contributed by atoms with Gasteiger partial charge in [0.15, 0.2) is 6.61 Å². The number of nitrogens with one attached hydrogen (secondary N) is 1. The molecule has 34 heavy (non-hydrogen) atoms. The van der Waals surface area contributed by atoms with E-state index in [1.807, 2.05) is 84.2 Å². The molecule has 0 unspecified atom stereocenters. The molecule has 0 atom stereocenters. The summed E-state index contributed by atoms with van der Waals surface area (Å²) in [5, 5.41) is 11.7. The minimum Gasteiger partial charge on any atom is -0.489 e. The maximum Gasteiger partial charge on any atom is 0.262 e. The summed E-state index contributed by atoms with van der Waals surface area (Å²) in [5.41, 5.74) is 3.80. The van der Waals surface area contributed by atoms with Gasteiger partial charge in [0.25, 0.3) is 5.91 Å². The zero-order valence-corrected chi connectivity index (χ0v) is 20.4. The van der Waals surface area contributed by atoms with Crippen molar-refractivity contribution in [2.45, 2.75) is 24.0 Å². The number of anilines is 1. The Morgan fingerprint density at radius 3 is 2.35 bits per heavy atom. The predicted molar refractivity (Wildman–Crippen MR) is 139 cm³/mol.